The second-order valence-corrected chi connectivity index (χ2v) is 5.49. The highest BCUT2D eigenvalue weighted by molar-refractivity contribution is 5.80. The molecular weight excluding hydrogens is 252 g/mol. The monoisotopic (exact) mass is 274 g/mol. The number of hydrogen-bond donors (Lipinski definition) is 1. The predicted octanol–water partition coefficient (Wildman–Crippen LogP) is 2.03. The second-order valence-electron chi connectivity index (χ2n) is 5.49. The molecule has 2 unspecified atom stereocenters. The first-order valence-corrected chi connectivity index (χ1v) is 7.40. The molecule has 2 atom stereocenters. The number of methoxy groups -OCH3 is 1. The van der Waals surface area contributed by atoms with E-state index in [2.05, 4.69) is 11.4 Å². The Morgan fingerprint density at radius 3 is 3.10 bits per heavy atom. The SMILES string of the molecule is COc1ccccc1CC1COC(C2CCCNC2)=N1. The summed E-state index contributed by atoms with van der Waals surface area (Å²) < 4.78 is 11.2. The molecule has 108 valence electrons. The Morgan fingerprint density at radius 2 is 2.30 bits per heavy atom. The largest absolute Gasteiger partial charge is 0.496 e. The molecule has 1 saturated heterocycles. The van der Waals surface area contributed by atoms with Crippen LogP contribution in [0, 0.1) is 5.92 Å². The molecule has 0 saturated carbocycles. The fraction of sp³-hybridized carbons (Fsp3) is 0.562. The van der Waals surface area contributed by atoms with Gasteiger partial charge >= 0.3 is 0 Å². The topological polar surface area (TPSA) is 42.9 Å². The number of rotatable bonds is 4. The van der Waals surface area contributed by atoms with Crippen LogP contribution in [-0.2, 0) is 11.2 Å². The van der Waals surface area contributed by atoms with Crippen LogP contribution in [-0.4, -0.2) is 38.7 Å². The van der Waals surface area contributed by atoms with Crippen molar-refractivity contribution < 1.29 is 9.47 Å². The lowest BCUT2D eigenvalue weighted by atomic mass is 9.99. The van der Waals surface area contributed by atoms with Crippen molar-refractivity contribution in [3.8, 4) is 5.75 Å². The van der Waals surface area contributed by atoms with Crippen molar-refractivity contribution >= 4 is 5.90 Å². The van der Waals surface area contributed by atoms with Crippen molar-refractivity contribution in [2.75, 3.05) is 26.8 Å². The number of ether oxygens (including phenoxy) is 2. The van der Waals surface area contributed by atoms with Gasteiger partial charge in [0.15, 0.2) is 5.90 Å². The van der Waals surface area contributed by atoms with Crippen molar-refractivity contribution in [1.29, 1.82) is 0 Å². The van der Waals surface area contributed by atoms with Gasteiger partial charge in [0, 0.05) is 18.9 Å². The molecule has 3 rings (SSSR count). The minimum absolute atomic E-state index is 0.225. The number of para-hydroxylation sites is 1. The summed E-state index contributed by atoms with van der Waals surface area (Å²) in [7, 11) is 1.71. The second kappa shape index (κ2) is 6.27. The number of nitrogens with zero attached hydrogens (tertiary/aromatic N) is 1. The third-order valence-electron chi connectivity index (χ3n) is 4.03. The molecule has 0 aliphatic carbocycles. The fourth-order valence-corrected chi connectivity index (χ4v) is 2.95. The van der Waals surface area contributed by atoms with Crippen molar-refractivity contribution in [2.24, 2.45) is 10.9 Å². The van der Waals surface area contributed by atoms with Crippen LogP contribution in [0.5, 0.6) is 5.75 Å². The van der Waals surface area contributed by atoms with E-state index in [9.17, 15) is 0 Å². The van der Waals surface area contributed by atoms with Crippen molar-refractivity contribution in [2.45, 2.75) is 25.3 Å². The van der Waals surface area contributed by atoms with Gasteiger partial charge in [0.1, 0.15) is 12.4 Å². The van der Waals surface area contributed by atoms with Gasteiger partial charge in [-0.15, -0.1) is 0 Å². The minimum atomic E-state index is 0.225. The number of aliphatic imine (C=N–C) groups is 1. The molecule has 0 amide bonds. The van der Waals surface area contributed by atoms with Gasteiger partial charge in [0.05, 0.1) is 13.2 Å². The van der Waals surface area contributed by atoms with E-state index < -0.39 is 0 Å². The average molecular weight is 274 g/mol. The van der Waals surface area contributed by atoms with Crippen LogP contribution in [0.2, 0.25) is 0 Å². The predicted molar refractivity (Wildman–Crippen MR) is 79.5 cm³/mol. The van der Waals surface area contributed by atoms with E-state index in [1.807, 2.05) is 18.2 Å². The standard InChI is InChI=1S/C16H22N2O2/c1-19-15-7-3-2-5-12(15)9-14-11-20-16(18-14)13-6-4-8-17-10-13/h2-3,5,7,13-14,17H,4,6,8-11H2,1H3. The molecule has 4 nitrogen and oxygen atoms in total. The molecule has 1 aromatic rings. The molecule has 1 N–H and O–H groups in total. The quantitative estimate of drug-likeness (QED) is 0.913. The molecule has 0 spiro atoms. The van der Waals surface area contributed by atoms with E-state index in [1.165, 1.54) is 18.4 Å². The molecule has 2 aliphatic rings. The van der Waals surface area contributed by atoms with Gasteiger partial charge < -0.3 is 14.8 Å². The van der Waals surface area contributed by atoms with Crippen LogP contribution < -0.4 is 10.1 Å². The highest BCUT2D eigenvalue weighted by Crippen LogP contribution is 2.24. The Balaban J connectivity index is 1.65. The van der Waals surface area contributed by atoms with Gasteiger partial charge in [-0.25, -0.2) is 4.99 Å². The van der Waals surface area contributed by atoms with E-state index >= 15 is 0 Å². The smallest absolute Gasteiger partial charge is 0.188 e. The summed E-state index contributed by atoms with van der Waals surface area (Å²) in [6, 6.07) is 8.37. The third-order valence-corrected chi connectivity index (χ3v) is 4.03. The number of hydrogen-bond acceptors (Lipinski definition) is 4. The fourth-order valence-electron chi connectivity index (χ4n) is 2.95. The number of benzene rings is 1. The van der Waals surface area contributed by atoms with Gasteiger partial charge in [-0.3, -0.25) is 0 Å². The highest BCUT2D eigenvalue weighted by atomic mass is 16.5. The number of nitrogens with one attached hydrogen (secondary N) is 1. The van der Waals surface area contributed by atoms with Crippen LogP contribution in [0.1, 0.15) is 18.4 Å². The summed E-state index contributed by atoms with van der Waals surface area (Å²) in [5.74, 6) is 2.36. The zero-order valence-corrected chi connectivity index (χ0v) is 12.0. The molecule has 0 radical (unpaired) electrons. The molecule has 0 aromatic heterocycles. The van der Waals surface area contributed by atoms with Gasteiger partial charge in [-0.1, -0.05) is 18.2 Å². The highest BCUT2D eigenvalue weighted by Gasteiger charge is 2.27. The summed E-state index contributed by atoms with van der Waals surface area (Å²) in [4.78, 5) is 4.78. The van der Waals surface area contributed by atoms with Crippen molar-refractivity contribution in [3.05, 3.63) is 29.8 Å². The Bertz CT molecular complexity index is 481. The first-order chi connectivity index (χ1) is 9.86. The zero-order valence-electron chi connectivity index (χ0n) is 12.0. The van der Waals surface area contributed by atoms with Crippen LogP contribution in [0.15, 0.2) is 29.3 Å². The van der Waals surface area contributed by atoms with Crippen LogP contribution in [0.25, 0.3) is 0 Å². The Hall–Kier alpha value is -1.55. The molecular formula is C16H22N2O2. The Labute approximate surface area is 120 Å². The molecule has 4 heteroatoms. The maximum Gasteiger partial charge on any atom is 0.188 e. The molecule has 1 fully saturated rings. The van der Waals surface area contributed by atoms with Crippen molar-refractivity contribution in [1.82, 2.24) is 5.32 Å². The van der Waals surface area contributed by atoms with Gasteiger partial charge in [0.2, 0.25) is 0 Å². The summed E-state index contributed by atoms with van der Waals surface area (Å²) in [5.41, 5.74) is 1.20. The minimum Gasteiger partial charge on any atom is -0.496 e. The molecule has 2 heterocycles. The van der Waals surface area contributed by atoms with E-state index in [0.717, 1.165) is 31.2 Å². The molecule has 2 aliphatic heterocycles. The first-order valence-electron chi connectivity index (χ1n) is 7.40. The summed E-state index contributed by atoms with van der Waals surface area (Å²) in [6.07, 6.45) is 3.28. The van der Waals surface area contributed by atoms with Gasteiger partial charge in [-0.05, 0) is 31.0 Å². The summed E-state index contributed by atoms with van der Waals surface area (Å²) >= 11 is 0. The normalized spacial score (nSPS) is 25.9. The van der Waals surface area contributed by atoms with Gasteiger partial charge in [0.25, 0.3) is 0 Å². The van der Waals surface area contributed by atoms with E-state index in [4.69, 9.17) is 14.5 Å². The lowest BCUT2D eigenvalue weighted by molar-refractivity contribution is 0.284. The third kappa shape index (κ3) is 2.96. The van der Waals surface area contributed by atoms with E-state index in [0.29, 0.717) is 12.5 Å². The van der Waals surface area contributed by atoms with E-state index in [-0.39, 0.29) is 6.04 Å². The van der Waals surface area contributed by atoms with Crippen molar-refractivity contribution in [3.63, 3.8) is 0 Å². The molecule has 20 heavy (non-hydrogen) atoms. The molecule has 1 aromatic carbocycles. The lowest BCUT2D eigenvalue weighted by Gasteiger charge is -2.21. The van der Waals surface area contributed by atoms with Crippen LogP contribution >= 0.6 is 0 Å². The summed E-state index contributed by atoms with van der Waals surface area (Å²) in [6.45, 7) is 2.82. The Morgan fingerprint density at radius 1 is 1.40 bits per heavy atom. The van der Waals surface area contributed by atoms with Crippen LogP contribution in [0.3, 0.4) is 0 Å². The van der Waals surface area contributed by atoms with Crippen LogP contribution in [0.4, 0.5) is 0 Å². The van der Waals surface area contributed by atoms with Gasteiger partial charge in [-0.2, -0.15) is 0 Å². The maximum absolute atomic E-state index is 5.82. The summed E-state index contributed by atoms with van der Waals surface area (Å²) in [5, 5.41) is 3.41. The number of piperidine rings is 1. The average Bonchev–Trinajstić information content (AvgIpc) is 2.97. The Kier molecular flexibility index (Phi) is 4.21. The lowest BCUT2D eigenvalue weighted by Crippen LogP contribution is -2.34. The zero-order chi connectivity index (χ0) is 13.8. The first kappa shape index (κ1) is 13.4. The van der Waals surface area contributed by atoms with E-state index in [1.54, 1.807) is 7.11 Å². The molecule has 0 bridgehead atoms. The maximum atomic E-state index is 5.82.